The summed E-state index contributed by atoms with van der Waals surface area (Å²) in [5.74, 6) is 1.01. The SMILES string of the molecule is C=CCc1cc(C)cc(C)c1OCCNCC1CCCO1.Cl. The minimum absolute atomic E-state index is 0. The van der Waals surface area contributed by atoms with Crippen molar-refractivity contribution in [3.8, 4) is 5.75 Å². The molecule has 0 aliphatic carbocycles. The van der Waals surface area contributed by atoms with Gasteiger partial charge in [0.25, 0.3) is 0 Å². The van der Waals surface area contributed by atoms with Crippen molar-refractivity contribution >= 4 is 12.4 Å². The van der Waals surface area contributed by atoms with Gasteiger partial charge in [0.15, 0.2) is 0 Å². The highest BCUT2D eigenvalue weighted by atomic mass is 35.5. The molecule has 1 unspecified atom stereocenters. The minimum Gasteiger partial charge on any atom is -0.492 e. The van der Waals surface area contributed by atoms with Crippen molar-refractivity contribution in [2.45, 2.75) is 39.2 Å². The van der Waals surface area contributed by atoms with E-state index in [0.717, 1.165) is 31.9 Å². The second kappa shape index (κ2) is 9.88. The summed E-state index contributed by atoms with van der Waals surface area (Å²) < 4.78 is 11.6. The number of ether oxygens (including phenoxy) is 2. The van der Waals surface area contributed by atoms with Crippen molar-refractivity contribution in [1.29, 1.82) is 0 Å². The van der Waals surface area contributed by atoms with Crippen LogP contribution in [0.4, 0.5) is 0 Å². The van der Waals surface area contributed by atoms with E-state index in [1.807, 2.05) is 6.08 Å². The first-order valence-corrected chi connectivity index (χ1v) is 7.87. The van der Waals surface area contributed by atoms with Gasteiger partial charge < -0.3 is 14.8 Å². The van der Waals surface area contributed by atoms with Crippen molar-refractivity contribution in [3.63, 3.8) is 0 Å². The Morgan fingerprint density at radius 3 is 2.91 bits per heavy atom. The number of hydrogen-bond donors (Lipinski definition) is 1. The van der Waals surface area contributed by atoms with Gasteiger partial charge in [0, 0.05) is 19.7 Å². The monoisotopic (exact) mass is 325 g/mol. The van der Waals surface area contributed by atoms with Crippen molar-refractivity contribution in [2.24, 2.45) is 0 Å². The van der Waals surface area contributed by atoms with Gasteiger partial charge in [-0.05, 0) is 44.2 Å². The summed E-state index contributed by atoms with van der Waals surface area (Å²) in [7, 11) is 0. The second-order valence-corrected chi connectivity index (χ2v) is 5.75. The number of nitrogens with one attached hydrogen (secondary N) is 1. The van der Waals surface area contributed by atoms with Gasteiger partial charge in [0.2, 0.25) is 0 Å². The molecule has 0 saturated carbocycles. The Morgan fingerprint density at radius 1 is 1.41 bits per heavy atom. The third-order valence-corrected chi connectivity index (χ3v) is 3.78. The molecule has 0 spiro atoms. The highest BCUT2D eigenvalue weighted by Gasteiger charge is 2.14. The molecule has 124 valence electrons. The average Bonchev–Trinajstić information content (AvgIpc) is 2.94. The van der Waals surface area contributed by atoms with Crippen LogP contribution in [0.1, 0.15) is 29.5 Å². The van der Waals surface area contributed by atoms with Gasteiger partial charge in [-0.15, -0.1) is 19.0 Å². The van der Waals surface area contributed by atoms with Gasteiger partial charge >= 0.3 is 0 Å². The lowest BCUT2D eigenvalue weighted by molar-refractivity contribution is 0.109. The van der Waals surface area contributed by atoms with Crippen molar-refractivity contribution in [1.82, 2.24) is 5.32 Å². The van der Waals surface area contributed by atoms with Crippen LogP contribution in [0.5, 0.6) is 5.75 Å². The van der Waals surface area contributed by atoms with Gasteiger partial charge in [0.05, 0.1) is 6.10 Å². The molecule has 1 atom stereocenters. The molecule has 1 N–H and O–H groups in total. The number of halogens is 1. The average molecular weight is 326 g/mol. The fourth-order valence-corrected chi connectivity index (χ4v) is 2.85. The molecule has 1 saturated heterocycles. The van der Waals surface area contributed by atoms with Crippen LogP contribution in [0.25, 0.3) is 0 Å². The Labute approximate surface area is 140 Å². The normalized spacial score (nSPS) is 17.1. The zero-order chi connectivity index (χ0) is 15.1. The van der Waals surface area contributed by atoms with E-state index >= 15 is 0 Å². The smallest absolute Gasteiger partial charge is 0.125 e. The van der Waals surface area contributed by atoms with Crippen LogP contribution in [0.3, 0.4) is 0 Å². The van der Waals surface area contributed by atoms with Gasteiger partial charge in [-0.2, -0.15) is 0 Å². The molecule has 0 bridgehead atoms. The van der Waals surface area contributed by atoms with E-state index in [2.05, 4.69) is 37.9 Å². The van der Waals surface area contributed by atoms with Gasteiger partial charge in [-0.3, -0.25) is 0 Å². The molecule has 0 aromatic heterocycles. The standard InChI is InChI=1S/C18H27NO2.ClH/c1-4-6-16-12-14(2)11-15(3)18(16)21-10-8-19-13-17-7-5-9-20-17;/h4,11-12,17,19H,1,5-10,13H2,2-3H3;1H. The predicted octanol–water partition coefficient (Wildman–Crippen LogP) is 3.60. The second-order valence-electron chi connectivity index (χ2n) is 5.75. The molecule has 0 radical (unpaired) electrons. The van der Waals surface area contributed by atoms with E-state index in [1.165, 1.54) is 29.5 Å². The fourth-order valence-electron chi connectivity index (χ4n) is 2.85. The molecule has 1 aliphatic rings. The summed E-state index contributed by atoms with van der Waals surface area (Å²) in [6.07, 6.45) is 5.53. The predicted molar refractivity (Wildman–Crippen MR) is 94.4 cm³/mol. The molecule has 3 nitrogen and oxygen atoms in total. The first-order chi connectivity index (χ1) is 10.2. The molecule has 4 heteroatoms. The highest BCUT2D eigenvalue weighted by Crippen LogP contribution is 2.26. The van der Waals surface area contributed by atoms with Gasteiger partial charge in [-0.1, -0.05) is 23.8 Å². The van der Waals surface area contributed by atoms with Crippen molar-refractivity contribution in [3.05, 3.63) is 41.5 Å². The van der Waals surface area contributed by atoms with Crippen LogP contribution in [-0.2, 0) is 11.2 Å². The summed E-state index contributed by atoms with van der Waals surface area (Å²) in [5.41, 5.74) is 3.70. The number of hydrogen-bond acceptors (Lipinski definition) is 3. The zero-order valence-corrected chi connectivity index (χ0v) is 14.5. The lowest BCUT2D eigenvalue weighted by Crippen LogP contribution is -2.29. The van der Waals surface area contributed by atoms with E-state index < -0.39 is 0 Å². The zero-order valence-electron chi connectivity index (χ0n) is 13.7. The molecule has 0 amide bonds. The molecular formula is C18H28ClNO2. The summed E-state index contributed by atoms with van der Waals surface area (Å²) in [4.78, 5) is 0. The van der Waals surface area contributed by atoms with E-state index in [0.29, 0.717) is 12.7 Å². The third-order valence-electron chi connectivity index (χ3n) is 3.78. The van der Waals surface area contributed by atoms with E-state index in [1.54, 1.807) is 0 Å². The van der Waals surface area contributed by atoms with E-state index in [-0.39, 0.29) is 12.4 Å². The Balaban J connectivity index is 0.00000242. The maximum Gasteiger partial charge on any atom is 0.125 e. The quantitative estimate of drug-likeness (QED) is 0.585. The highest BCUT2D eigenvalue weighted by molar-refractivity contribution is 5.85. The number of aryl methyl sites for hydroxylation is 2. The first-order valence-electron chi connectivity index (χ1n) is 7.87. The lowest BCUT2D eigenvalue weighted by Gasteiger charge is -2.16. The molecular weight excluding hydrogens is 298 g/mol. The van der Waals surface area contributed by atoms with Crippen LogP contribution in [0.15, 0.2) is 24.8 Å². The third kappa shape index (κ3) is 5.64. The van der Waals surface area contributed by atoms with E-state index in [4.69, 9.17) is 9.47 Å². The van der Waals surface area contributed by atoms with Gasteiger partial charge in [0.1, 0.15) is 12.4 Å². The summed E-state index contributed by atoms with van der Waals surface area (Å²) in [5, 5.41) is 3.41. The first kappa shape index (κ1) is 19.0. The summed E-state index contributed by atoms with van der Waals surface area (Å²) in [6, 6.07) is 4.35. The Morgan fingerprint density at radius 2 is 2.23 bits per heavy atom. The van der Waals surface area contributed by atoms with Crippen LogP contribution < -0.4 is 10.1 Å². The Bertz CT molecular complexity index is 470. The van der Waals surface area contributed by atoms with E-state index in [9.17, 15) is 0 Å². The molecule has 22 heavy (non-hydrogen) atoms. The summed E-state index contributed by atoms with van der Waals surface area (Å²) >= 11 is 0. The van der Waals surface area contributed by atoms with Crippen LogP contribution in [-0.4, -0.2) is 32.4 Å². The Kier molecular flexibility index (Phi) is 8.54. The molecule has 1 aromatic carbocycles. The van der Waals surface area contributed by atoms with Crippen LogP contribution >= 0.6 is 12.4 Å². The van der Waals surface area contributed by atoms with Crippen molar-refractivity contribution < 1.29 is 9.47 Å². The van der Waals surface area contributed by atoms with Crippen LogP contribution in [0, 0.1) is 13.8 Å². The fraction of sp³-hybridized carbons (Fsp3) is 0.556. The number of allylic oxidation sites excluding steroid dienone is 1. The molecule has 1 aromatic rings. The lowest BCUT2D eigenvalue weighted by atomic mass is 10.0. The number of rotatable bonds is 8. The molecule has 1 aliphatic heterocycles. The molecule has 2 rings (SSSR count). The largest absolute Gasteiger partial charge is 0.492 e. The molecule has 1 heterocycles. The minimum atomic E-state index is 0. The summed E-state index contributed by atoms with van der Waals surface area (Å²) in [6.45, 7) is 11.4. The number of benzene rings is 1. The van der Waals surface area contributed by atoms with Crippen LogP contribution in [0.2, 0.25) is 0 Å². The molecule has 1 fully saturated rings. The maximum atomic E-state index is 5.99. The van der Waals surface area contributed by atoms with Crippen molar-refractivity contribution in [2.75, 3.05) is 26.3 Å². The maximum absolute atomic E-state index is 5.99. The Hall–Kier alpha value is -1.03. The van der Waals surface area contributed by atoms with Gasteiger partial charge in [-0.25, -0.2) is 0 Å². The topological polar surface area (TPSA) is 30.5 Å².